The molecule has 94 valence electrons. The summed E-state index contributed by atoms with van der Waals surface area (Å²) < 4.78 is 0. The van der Waals surface area contributed by atoms with E-state index in [9.17, 15) is 4.79 Å². The van der Waals surface area contributed by atoms with Gasteiger partial charge < -0.3 is 11.5 Å². The van der Waals surface area contributed by atoms with Gasteiger partial charge in [0.1, 0.15) is 0 Å². The van der Waals surface area contributed by atoms with E-state index >= 15 is 0 Å². The zero-order valence-corrected chi connectivity index (χ0v) is 11.0. The highest BCUT2D eigenvalue weighted by molar-refractivity contribution is 7.99. The third-order valence-corrected chi connectivity index (χ3v) is 4.78. The van der Waals surface area contributed by atoms with Gasteiger partial charge in [0, 0.05) is 5.25 Å². The Hall–Kier alpha value is -0.220. The fourth-order valence-electron chi connectivity index (χ4n) is 2.02. The minimum Gasteiger partial charge on any atom is -0.368 e. The Bertz CT molecular complexity index is 225. The van der Waals surface area contributed by atoms with Crippen LogP contribution in [0.3, 0.4) is 0 Å². The second-order valence-corrected chi connectivity index (χ2v) is 6.42. The van der Waals surface area contributed by atoms with Gasteiger partial charge >= 0.3 is 0 Å². The first kappa shape index (κ1) is 13.8. The summed E-state index contributed by atoms with van der Waals surface area (Å²) in [5, 5.41) is 0.889. The summed E-state index contributed by atoms with van der Waals surface area (Å²) in [6.45, 7) is 1.72. The molecule has 1 amide bonds. The summed E-state index contributed by atoms with van der Waals surface area (Å²) in [6, 6.07) is 0. The van der Waals surface area contributed by atoms with E-state index in [1.165, 1.54) is 31.4 Å². The molecule has 1 atom stereocenters. The van der Waals surface area contributed by atoms with Crippen molar-refractivity contribution in [3.63, 3.8) is 0 Å². The van der Waals surface area contributed by atoms with Crippen LogP contribution in [0.4, 0.5) is 0 Å². The molecular formula is C12H24N2OS. The first-order chi connectivity index (χ1) is 7.52. The SMILES string of the molecule is CC(N)(CCCCSC1CCCC1)C(N)=O. The van der Waals surface area contributed by atoms with Crippen LogP contribution in [0, 0.1) is 0 Å². The van der Waals surface area contributed by atoms with Crippen LogP contribution in [0.5, 0.6) is 0 Å². The van der Waals surface area contributed by atoms with Crippen LogP contribution in [0.1, 0.15) is 51.9 Å². The largest absolute Gasteiger partial charge is 0.368 e. The number of rotatable bonds is 7. The summed E-state index contributed by atoms with van der Waals surface area (Å²) in [7, 11) is 0. The maximum atomic E-state index is 11.0. The summed E-state index contributed by atoms with van der Waals surface area (Å²) in [5.41, 5.74) is 10.2. The molecule has 1 aliphatic rings. The Morgan fingerprint density at radius 2 is 2.00 bits per heavy atom. The van der Waals surface area contributed by atoms with E-state index in [1.807, 2.05) is 0 Å². The van der Waals surface area contributed by atoms with Crippen LogP contribution in [-0.2, 0) is 4.79 Å². The molecule has 0 heterocycles. The summed E-state index contributed by atoms with van der Waals surface area (Å²) in [5.74, 6) is 0.801. The third-order valence-electron chi connectivity index (χ3n) is 3.31. The van der Waals surface area contributed by atoms with Crippen molar-refractivity contribution in [3.05, 3.63) is 0 Å². The Kier molecular flexibility index (Phi) is 5.62. The van der Waals surface area contributed by atoms with Gasteiger partial charge in [-0.2, -0.15) is 11.8 Å². The number of primary amides is 1. The molecule has 0 aromatic rings. The molecule has 16 heavy (non-hydrogen) atoms. The van der Waals surface area contributed by atoms with Gasteiger partial charge in [-0.1, -0.05) is 19.3 Å². The molecule has 3 nitrogen and oxygen atoms in total. The minimum absolute atomic E-state index is 0.393. The lowest BCUT2D eigenvalue weighted by Gasteiger charge is -2.20. The molecule has 0 bridgehead atoms. The van der Waals surface area contributed by atoms with Crippen molar-refractivity contribution in [3.8, 4) is 0 Å². The highest BCUT2D eigenvalue weighted by Crippen LogP contribution is 2.30. The molecule has 1 rings (SSSR count). The lowest BCUT2D eigenvalue weighted by molar-refractivity contribution is -0.122. The Morgan fingerprint density at radius 3 is 2.56 bits per heavy atom. The van der Waals surface area contributed by atoms with Gasteiger partial charge in [0.25, 0.3) is 0 Å². The van der Waals surface area contributed by atoms with E-state index in [-0.39, 0.29) is 0 Å². The Labute approximate surface area is 103 Å². The molecule has 4 N–H and O–H groups in total. The number of carbonyl (C=O) groups is 1. The predicted octanol–water partition coefficient (Wildman–Crippen LogP) is 2.04. The van der Waals surface area contributed by atoms with Crippen molar-refractivity contribution in [2.24, 2.45) is 11.5 Å². The van der Waals surface area contributed by atoms with Gasteiger partial charge in [-0.3, -0.25) is 4.79 Å². The normalized spacial score (nSPS) is 20.9. The zero-order chi connectivity index (χ0) is 12.0. The zero-order valence-electron chi connectivity index (χ0n) is 10.2. The molecule has 0 radical (unpaired) electrons. The van der Waals surface area contributed by atoms with Crippen LogP contribution >= 0.6 is 11.8 Å². The van der Waals surface area contributed by atoms with Crippen molar-refractivity contribution < 1.29 is 4.79 Å². The molecule has 1 saturated carbocycles. The van der Waals surface area contributed by atoms with Crippen molar-refractivity contribution >= 4 is 17.7 Å². The molecule has 0 aliphatic heterocycles. The first-order valence-corrected chi connectivity index (χ1v) is 7.27. The van der Waals surface area contributed by atoms with Crippen LogP contribution in [0.25, 0.3) is 0 Å². The number of thioether (sulfide) groups is 1. The molecular weight excluding hydrogens is 220 g/mol. The standard InChI is InChI=1S/C12H24N2OS/c1-12(14,11(13)15)8-4-5-9-16-10-6-2-3-7-10/h10H,2-9,14H2,1H3,(H2,13,15). The van der Waals surface area contributed by atoms with E-state index in [2.05, 4.69) is 11.8 Å². The van der Waals surface area contributed by atoms with Gasteiger partial charge in [0.15, 0.2) is 0 Å². The summed E-state index contributed by atoms with van der Waals surface area (Å²) >= 11 is 2.09. The van der Waals surface area contributed by atoms with Crippen molar-refractivity contribution in [1.82, 2.24) is 0 Å². The van der Waals surface area contributed by atoms with Gasteiger partial charge in [-0.05, 0) is 38.4 Å². The number of hydrogen-bond donors (Lipinski definition) is 2. The number of hydrogen-bond acceptors (Lipinski definition) is 3. The molecule has 0 aromatic heterocycles. The Balaban J connectivity index is 2.01. The van der Waals surface area contributed by atoms with E-state index < -0.39 is 11.4 Å². The van der Waals surface area contributed by atoms with Crippen LogP contribution in [-0.4, -0.2) is 22.4 Å². The Morgan fingerprint density at radius 1 is 1.38 bits per heavy atom. The number of amides is 1. The van der Waals surface area contributed by atoms with E-state index in [0.717, 1.165) is 18.1 Å². The fraction of sp³-hybridized carbons (Fsp3) is 0.917. The van der Waals surface area contributed by atoms with Crippen LogP contribution in [0.2, 0.25) is 0 Å². The summed E-state index contributed by atoms with van der Waals surface area (Å²) in [6.07, 6.45) is 8.42. The quantitative estimate of drug-likeness (QED) is 0.673. The average Bonchev–Trinajstić information content (AvgIpc) is 2.69. The maximum absolute atomic E-state index is 11.0. The number of carbonyl (C=O) groups excluding carboxylic acids is 1. The van der Waals surface area contributed by atoms with Crippen molar-refractivity contribution in [1.29, 1.82) is 0 Å². The predicted molar refractivity (Wildman–Crippen MR) is 70.4 cm³/mol. The molecule has 1 aliphatic carbocycles. The highest BCUT2D eigenvalue weighted by Gasteiger charge is 2.24. The van der Waals surface area contributed by atoms with E-state index in [1.54, 1.807) is 6.92 Å². The second kappa shape index (κ2) is 6.50. The van der Waals surface area contributed by atoms with Crippen molar-refractivity contribution in [2.45, 2.75) is 62.7 Å². The molecule has 0 aromatic carbocycles. The molecule has 0 spiro atoms. The molecule has 1 unspecified atom stereocenters. The minimum atomic E-state index is -0.821. The van der Waals surface area contributed by atoms with Gasteiger partial charge in [-0.15, -0.1) is 0 Å². The smallest absolute Gasteiger partial charge is 0.237 e. The average molecular weight is 244 g/mol. The van der Waals surface area contributed by atoms with Crippen LogP contribution in [0.15, 0.2) is 0 Å². The van der Waals surface area contributed by atoms with Crippen LogP contribution < -0.4 is 11.5 Å². The lowest BCUT2D eigenvalue weighted by Crippen LogP contribution is -2.49. The molecule has 4 heteroatoms. The topological polar surface area (TPSA) is 69.1 Å². The fourth-order valence-corrected chi connectivity index (χ4v) is 3.39. The number of unbranched alkanes of at least 4 members (excludes halogenated alkanes) is 1. The van der Waals surface area contributed by atoms with Gasteiger partial charge in [0.2, 0.25) is 5.91 Å². The highest BCUT2D eigenvalue weighted by atomic mass is 32.2. The van der Waals surface area contributed by atoms with E-state index in [4.69, 9.17) is 11.5 Å². The van der Waals surface area contributed by atoms with Gasteiger partial charge in [0.05, 0.1) is 5.54 Å². The van der Waals surface area contributed by atoms with Crippen molar-refractivity contribution in [2.75, 3.05) is 5.75 Å². The summed E-state index contributed by atoms with van der Waals surface area (Å²) in [4.78, 5) is 11.0. The maximum Gasteiger partial charge on any atom is 0.237 e. The number of nitrogens with two attached hydrogens (primary N) is 2. The lowest BCUT2D eigenvalue weighted by atomic mass is 9.96. The van der Waals surface area contributed by atoms with E-state index in [0.29, 0.717) is 6.42 Å². The third kappa shape index (κ3) is 4.74. The molecule has 0 saturated heterocycles. The first-order valence-electron chi connectivity index (χ1n) is 6.23. The molecule has 1 fully saturated rings. The second-order valence-electron chi connectivity index (χ2n) is 5.02. The van der Waals surface area contributed by atoms with Gasteiger partial charge in [-0.25, -0.2) is 0 Å². The monoisotopic (exact) mass is 244 g/mol.